The van der Waals surface area contributed by atoms with Gasteiger partial charge in [0.2, 0.25) is 0 Å². The Morgan fingerprint density at radius 2 is 2.04 bits per heavy atom. The van der Waals surface area contributed by atoms with Gasteiger partial charge in [-0.1, -0.05) is 13.0 Å². The van der Waals surface area contributed by atoms with Gasteiger partial charge in [0.25, 0.3) is 11.6 Å². The maximum Gasteiger partial charge on any atom is 0.328 e. The minimum atomic E-state index is -0.805. The van der Waals surface area contributed by atoms with Crippen molar-refractivity contribution in [3.63, 3.8) is 0 Å². The minimum Gasteiger partial charge on any atom is -0.464 e. The molecule has 126 valence electrons. The molecule has 1 rings (SSSR count). The molecule has 0 aliphatic rings. The number of carbonyl (C=O) groups is 2. The Kier molecular flexibility index (Phi) is 6.49. The molecule has 2 N–H and O–H groups in total. The number of benzene rings is 1. The average molecular weight is 323 g/mol. The Hall–Kier alpha value is -2.64. The van der Waals surface area contributed by atoms with Crippen LogP contribution < -0.4 is 5.73 Å². The summed E-state index contributed by atoms with van der Waals surface area (Å²) >= 11 is 0. The van der Waals surface area contributed by atoms with Gasteiger partial charge in [-0.2, -0.15) is 0 Å². The van der Waals surface area contributed by atoms with E-state index in [9.17, 15) is 19.7 Å². The van der Waals surface area contributed by atoms with Gasteiger partial charge in [0.15, 0.2) is 0 Å². The molecule has 8 nitrogen and oxygen atoms in total. The van der Waals surface area contributed by atoms with Crippen molar-refractivity contribution in [1.29, 1.82) is 0 Å². The smallest absolute Gasteiger partial charge is 0.328 e. The Bertz CT molecular complexity index is 603. The zero-order chi connectivity index (χ0) is 17.6. The lowest BCUT2D eigenvalue weighted by molar-refractivity contribution is -0.383. The highest BCUT2D eigenvalue weighted by atomic mass is 16.6. The number of carbonyl (C=O) groups excluding carboxylic acids is 2. The molecule has 23 heavy (non-hydrogen) atoms. The summed E-state index contributed by atoms with van der Waals surface area (Å²) in [6.45, 7) is 5.60. The average Bonchev–Trinajstić information content (AvgIpc) is 2.51. The zero-order valence-corrected chi connectivity index (χ0v) is 13.4. The van der Waals surface area contributed by atoms with E-state index in [1.54, 1.807) is 13.8 Å². The molecule has 0 saturated carbocycles. The SMILES string of the molecule is CCCN(C(=O)c1cccc([N+](=O)[O-])c1N)[C@@H](C)C(=O)OCC. The Morgan fingerprint density at radius 1 is 1.39 bits per heavy atom. The van der Waals surface area contributed by atoms with Gasteiger partial charge >= 0.3 is 5.97 Å². The number of nitrogens with two attached hydrogens (primary N) is 1. The third-order valence-electron chi connectivity index (χ3n) is 3.33. The minimum absolute atomic E-state index is 0.00352. The molecule has 0 aliphatic heterocycles. The largest absolute Gasteiger partial charge is 0.464 e. The number of rotatable bonds is 7. The fourth-order valence-corrected chi connectivity index (χ4v) is 2.16. The van der Waals surface area contributed by atoms with E-state index in [1.165, 1.54) is 23.1 Å². The van der Waals surface area contributed by atoms with E-state index < -0.39 is 22.8 Å². The number of hydrogen-bond acceptors (Lipinski definition) is 6. The van der Waals surface area contributed by atoms with E-state index in [-0.39, 0.29) is 23.5 Å². The van der Waals surface area contributed by atoms with E-state index in [2.05, 4.69) is 0 Å². The van der Waals surface area contributed by atoms with E-state index in [0.29, 0.717) is 13.0 Å². The number of amides is 1. The van der Waals surface area contributed by atoms with E-state index in [0.717, 1.165) is 0 Å². The summed E-state index contributed by atoms with van der Waals surface area (Å²) < 4.78 is 4.94. The molecule has 1 aromatic carbocycles. The predicted molar refractivity (Wildman–Crippen MR) is 84.9 cm³/mol. The van der Waals surface area contributed by atoms with Crippen molar-refractivity contribution in [3.8, 4) is 0 Å². The van der Waals surface area contributed by atoms with Crippen molar-refractivity contribution in [2.75, 3.05) is 18.9 Å². The first-order valence-electron chi connectivity index (χ1n) is 7.35. The summed E-state index contributed by atoms with van der Waals surface area (Å²) in [5.74, 6) is -1.06. The van der Waals surface area contributed by atoms with E-state index in [4.69, 9.17) is 10.5 Å². The second-order valence-corrected chi connectivity index (χ2v) is 4.92. The van der Waals surface area contributed by atoms with Crippen molar-refractivity contribution in [2.24, 2.45) is 0 Å². The van der Waals surface area contributed by atoms with Crippen molar-refractivity contribution in [2.45, 2.75) is 33.2 Å². The van der Waals surface area contributed by atoms with Crippen LogP contribution in [0.2, 0.25) is 0 Å². The number of anilines is 1. The van der Waals surface area contributed by atoms with Gasteiger partial charge < -0.3 is 15.4 Å². The molecule has 0 radical (unpaired) electrons. The number of nitro benzene ring substituents is 1. The van der Waals surface area contributed by atoms with Crippen LogP contribution in [0.1, 0.15) is 37.6 Å². The van der Waals surface area contributed by atoms with E-state index in [1.807, 2.05) is 6.92 Å². The maximum absolute atomic E-state index is 12.7. The summed E-state index contributed by atoms with van der Waals surface area (Å²) in [6, 6.07) is 3.22. The molecular weight excluding hydrogens is 302 g/mol. The maximum atomic E-state index is 12.7. The van der Waals surface area contributed by atoms with Crippen molar-refractivity contribution in [3.05, 3.63) is 33.9 Å². The number of nitrogens with zero attached hydrogens (tertiary/aromatic N) is 2. The number of nitrogen functional groups attached to an aromatic ring is 1. The highest BCUT2D eigenvalue weighted by molar-refractivity contribution is 6.02. The predicted octanol–water partition coefficient (Wildman–Crippen LogP) is 1.98. The van der Waals surface area contributed by atoms with Crippen LogP contribution >= 0.6 is 0 Å². The highest BCUT2D eigenvalue weighted by Gasteiger charge is 2.29. The molecule has 1 atom stereocenters. The van der Waals surface area contributed by atoms with Gasteiger partial charge in [-0.25, -0.2) is 4.79 Å². The van der Waals surface area contributed by atoms with Gasteiger partial charge in [-0.3, -0.25) is 14.9 Å². The van der Waals surface area contributed by atoms with Crippen LogP contribution in [0.4, 0.5) is 11.4 Å². The number of hydrogen-bond donors (Lipinski definition) is 1. The van der Waals surface area contributed by atoms with Gasteiger partial charge in [0, 0.05) is 12.6 Å². The van der Waals surface area contributed by atoms with Gasteiger partial charge in [0.1, 0.15) is 11.7 Å². The van der Waals surface area contributed by atoms with Gasteiger partial charge in [-0.05, 0) is 26.3 Å². The molecule has 1 aromatic rings. The standard InChI is InChI=1S/C15H21N3O5/c1-4-9-17(10(3)15(20)23-5-2)14(19)11-7-6-8-12(13(11)16)18(21)22/h6-8,10H,4-5,9,16H2,1-3H3/t10-/m0/s1. The van der Waals surface area contributed by atoms with Gasteiger partial charge in [0.05, 0.1) is 17.1 Å². The summed E-state index contributed by atoms with van der Waals surface area (Å²) in [6.07, 6.45) is 0.615. The zero-order valence-electron chi connectivity index (χ0n) is 13.4. The molecule has 0 unspecified atom stereocenters. The van der Waals surface area contributed by atoms with Crippen LogP contribution in [0.15, 0.2) is 18.2 Å². The molecule has 0 aliphatic carbocycles. The lowest BCUT2D eigenvalue weighted by Gasteiger charge is -2.27. The first kappa shape index (κ1) is 18.4. The monoisotopic (exact) mass is 323 g/mol. The number of esters is 1. The van der Waals surface area contributed by atoms with Crippen LogP contribution in [0, 0.1) is 10.1 Å². The molecule has 0 spiro atoms. The lowest BCUT2D eigenvalue weighted by atomic mass is 10.1. The van der Waals surface area contributed by atoms with Crippen LogP contribution in [0.25, 0.3) is 0 Å². The highest BCUT2D eigenvalue weighted by Crippen LogP contribution is 2.26. The quantitative estimate of drug-likeness (QED) is 0.355. The molecular formula is C15H21N3O5. The molecule has 0 heterocycles. The third kappa shape index (κ3) is 4.18. The number of ether oxygens (including phenoxy) is 1. The molecule has 1 amide bonds. The van der Waals surface area contributed by atoms with Gasteiger partial charge in [-0.15, -0.1) is 0 Å². The Morgan fingerprint density at radius 3 is 2.57 bits per heavy atom. The molecule has 0 bridgehead atoms. The second kappa shape index (κ2) is 8.11. The summed E-state index contributed by atoms with van der Waals surface area (Å²) in [5.41, 5.74) is 5.21. The third-order valence-corrected chi connectivity index (χ3v) is 3.33. The van der Waals surface area contributed by atoms with E-state index >= 15 is 0 Å². The second-order valence-electron chi connectivity index (χ2n) is 4.92. The Labute approximate surface area is 134 Å². The molecule has 0 fully saturated rings. The lowest BCUT2D eigenvalue weighted by Crippen LogP contribution is -2.44. The van der Waals surface area contributed by atoms with Crippen molar-refractivity contribution in [1.82, 2.24) is 4.90 Å². The summed E-state index contributed by atoms with van der Waals surface area (Å²) in [4.78, 5) is 36.2. The topological polar surface area (TPSA) is 116 Å². The summed E-state index contributed by atoms with van der Waals surface area (Å²) in [7, 11) is 0. The normalized spacial score (nSPS) is 11.6. The number of para-hydroxylation sites is 1. The summed E-state index contributed by atoms with van der Waals surface area (Å²) in [5, 5.41) is 10.9. The van der Waals surface area contributed by atoms with Crippen molar-refractivity contribution < 1.29 is 19.2 Å². The molecule has 8 heteroatoms. The molecule has 0 saturated heterocycles. The van der Waals surface area contributed by atoms with Crippen molar-refractivity contribution >= 4 is 23.3 Å². The first-order chi connectivity index (χ1) is 10.8. The van der Waals surface area contributed by atoms with Crippen LogP contribution in [0.5, 0.6) is 0 Å². The number of nitro groups is 1. The fourth-order valence-electron chi connectivity index (χ4n) is 2.16. The fraction of sp³-hybridized carbons (Fsp3) is 0.467. The molecule has 0 aromatic heterocycles. The Balaban J connectivity index is 3.19. The van der Waals surface area contributed by atoms with Crippen LogP contribution in [0.3, 0.4) is 0 Å². The first-order valence-corrected chi connectivity index (χ1v) is 7.35. The van der Waals surface area contributed by atoms with Crippen LogP contribution in [-0.4, -0.2) is 40.9 Å². The van der Waals surface area contributed by atoms with Crippen LogP contribution in [-0.2, 0) is 9.53 Å².